The monoisotopic (exact) mass is 419 g/mol. The van der Waals surface area contributed by atoms with Crippen LogP contribution in [0, 0.1) is 0 Å². The Bertz CT molecular complexity index is 1010. The molecule has 0 aliphatic heterocycles. The summed E-state index contributed by atoms with van der Waals surface area (Å²) in [7, 11) is 0. The van der Waals surface area contributed by atoms with Gasteiger partial charge in [0.05, 0.1) is 28.0 Å². The number of carbonyl (C=O) groups is 1. The molecule has 0 aliphatic carbocycles. The third-order valence-corrected chi connectivity index (χ3v) is 4.87. The van der Waals surface area contributed by atoms with Gasteiger partial charge in [0.25, 0.3) is 5.91 Å². The van der Waals surface area contributed by atoms with E-state index in [2.05, 4.69) is 10.5 Å². The second-order valence-corrected chi connectivity index (χ2v) is 7.10. The van der Waals surface area contributed by atoms with E-state index < -0.39 is 11.7 Å². The lowest BCUT2D eigenvalue weighted by Crippen LogP contribution is -2.11. The Kier molecular flexibility index (Phi) is 6.18. The largest absolute Gasteiger partial charge is 0.416 e. The number of thiophene rings is 1. The molecule has 1 amide bonds. The van der Waals surface area contributed by atoms with E-state index in [-0.39, 0.29) is 12.5 Å². The van der Waals surface area contributed by atoms with Crippen molar-refractivity contribution in [2.24, 2.45) is 5.16 Å². The van der Waals surface area contributed by atoms with Crippen LogP contribution in [-0.2, 0) is 17.6 Å². The molecule has 1 heterocycles. The summed E-state index contributed by atoms with van der Waals surface area (Å²) in [6, 6.07) is 14.9. The van der Waals surface area contributed by atoms with Gasteiger partial charge in [-0.25, -0.2) is 0 Å². The Balaban J connectivity index is 1.52. The molecule has 9 heteroatoms. The molecule has 0 saturated heterocycles. The van der Waals surface area contributed by atoms with Crippen LogP contribution in [-0.4, -0.2) is 12.1 Å². The molecule has 0 spiro atoms. The maximum atomic E-state index is 12.5. The molecule has 0 atom stereocenters. The number of benzene rings is 2. The minimum absolute atomic E-state index is 0.128. The number of rotatable bonds is 6. The molecule has 5 nitrogen and oxygen atoms in total. The van der Waals surface area contributed by atoms with E-state index in [1.807, 2.05) is 0 Å². The van der Waals surface area contributed by atoms with Crippen molar-refractivity contribution in [3.63, 3.8) is 0 Å². The van der Waals surface area contributed by atoms with Crippen LogP contribution in [0.25, 0.3) is 0 Å². The number of hydrogen-bond donors (Lipinski definition) is 2. The summed E-state index contributed by atoms with van der Waals surface area (Å²) in [6.07, 6.45) is -3.05. The molecule has 0 unspecified atom stereocenters. The molecule has 2 aromatic carbocycles. The average Bonchev–Trinajstić information content (AvgIpc) is 3.16. The van der Waals surface area contributed by atoms with Crippen molar-refractivity contribution < 1.29 is 22.8 Å². The van der Waals surface area contributed by atoms with Crippen LogP contribution < -0.4 is 11.1 Å². The van der Waals surface area contributed by atoms with Crippen LogP contribution in [0.1, 0.15) is 25.7 Å². The number of nitrogens with zero attached hydrogens (tertiary/aromatic N) is 1. The number of amides is 1. The minimum Gasteiger partial charge on any atom is -0.397 e. The van der Waals surface area contributed by atoms with Crippen LogP contribution in [0.15, 0.2) is 65.8 Å². The van der Waals surface area contributed by atoms with Crippen molar-refractivity contribution in [1.82, 2.24) is 0 Å². The Morgan fingerprint density at radius 1 is 1.10 bits per heavy atom. The van der Waals surface area contributed by atoms with Crippen molar-refractivity contribution >= 4 is 34.8 Å². The third kappa shape index (κ3) is 5.58. The van der Waals surface area contributed by atoms with Gasteiger partial charge < -0.3 is 15.9 Å². The van der Waals surface area contributed by atoms with Gasteiger partial charge in [-0.15, -0.1) is 11.3 Å². The Morgan fingerprint density at radius 3 is 2.52 bits per heavy atom. The average molecular weight is 419 g/mol. The molecule has 3 N–H and O–H groups in total. The number of carbonyl (C=O) groups excluding carboxylic acids is 1. The highest BCUT2D eigenvalue weighted by Gasteiger charge is 2.29. The smallest absolute Gasteiger partial charge is 0.397 e. The molecule has 150 valence electrons. The summed E-state index contributed by atoms with van der Waals surface area (Å²) in [4.78, 5) is 18.7. The van der Waals surface area contributed by atoms with E-state index in [0.29, 0.717) is 21.8 Å². The standard InChI is InChI=1S/C20H16F3N3O2S/c21-20(22,23)14-7-5-13(6-8-14)11-25-28-12-15-9-10-18(29-15)19(27)26-17-4-2-1-3-16(17)24/h1-11H,12,24H2,(H,26,27). The summed E-state index contributed by atoms with van der Waals surface area (Å²) in [5.74, 6) is -0.285. The van der Waals surface area contributed by atoms with E-state index in [0.717, 1.165) is 17.0 Å². The first-order chi connectivity index (χ1) is 13.8. The van der Waals surface area contributed by atoms with Crippen LogP contribution in [0.3, 0.4) is 0 Å². The van der Waals surface area contributed by atoms with E-state index in [1.165, 1.54) is 29.7 Å². The molecule has 3 rings (SSSR count). The number of halogens is 3. The molecule has 0 fully saturated rings. The highest BCUT2D eigenvalue weighted by Crippen LogP contribution is 2.29. The van der Waals surface area contributed by atoms with Gasteiger partial charge in [-0.3, -0.25) is 4.79 Å². The second kappa shape index (κ2) is 8.78. The van der Waals surface area contributed by atoms with Crippen molar-refractivity contribution in [2.75, 3.05) is 11.1 Å². The quantitative estimate of drug-likeness (QED) is 0.329. The number of nitrogens with one attached hydrogen (secondary N) is 1. The fourth-order valence-corrected chi connectivity index (χ4v) is 3.14. The molecule has 0 aliphatic rings. The normalized spacial score (nSPS) is 11.6. The highest BCUT2D eigenvalue weighted by molar-refractivity contribution is 7.14. The maximum absolute atomic E-state index is 12.5. The van der Waals surface area contributed by atoms with Crippen molar-refractivity contribution in [3.05, 3.63) is 81.5 Å². The number of hydrogen-bond acceptors (Lipinski definition) is 5. The van der Waals surface area contributed by atoms with Crippen molar-refractivity contribution in [3.8, 4) is 0 Å². The topological polar surface area (TPSA) is 76.7 Å². The van der Waals surface area contributed by atoms with Gasteiger partial charge in [0.2, 0.25) is 0 Å². The summed E-state index contributed by atoms with van der Waals surface area (Å²) in [5.41, 5.74) is 6.56. The number of nitrogen functional groups attached to an aromatic ring is 1. The van der Waals surface area contributed by atoms with Gasteiger partial charge >= 0.3 is 6.18 Å². The molecule has 29 heavy (non-hydrogen) atoms. The molecular weight excluding hydrogens is 403 g/mol. The molecule has 1 aromatic heterocycles. The number of oxime groups is 1. The number of para-hydroxylation sites is 2. The zero-order valence-electron chi connectivity index (χ0n) is 14.9. The second-order valence-electron chi connectivity index (χ2n) is 5.94. The first kappa shape index (κ1) is 20.4. The van der Waals surface area contributed by atoms with Crippen LogP contribution >= 0.6 is 11.3 Å². The Labute approximate surface area is 168 Å². The fourth-order valence-electron chi connectivity index (χ4n) is 2.33. The Morgan fingerprint density at radius 2 is 1.83 bits per heavy atom. The van der Waals surface area contributed by atoms with Crippen molar-refractivity contribution in [1.29, 1.82) is 0 Å². The predicted octanol–water partition coefficient (Wildman–Crippen LogP) is 5.15. The van der Waals surface area contributed by atoms with Crippen LogP contribution in [0.5, 0.6) is 0 Å². The van der Waals surface area contributed by atoms with Gasteiger partial charge in [0.1, 0.15) is 0 Å². The third-order valence-electron chi connectivity index (χ3n) is 3.82. The number of anilines is 2. The van der Waals surface area contributed by atoms with Gasteiger partial charge in [0.15, 0.2) is 6.61 Å². The zero-order valence-corrected chi connectivity index (χ0v) is 15.8. The van der Waals surface area contributed by atoms with Crippen molar-refractivity contribution in [2.45, 2.75) is 12.8 Å². The summed E-state index contributed by atoms with van der Waals surface area (Å²) >= 11 is 1.24. The number of nitrogens with two attached hydrogens (primary N) is 1. The van der Waals surface area contributed by atoms with E-state index in [9.17, 15) is 18.0 Å². The van der Waals surface area contributed by atoms with Gasteiger partial charge in [-0.05, 0) is 42.0 Å². The van der Waals surface area contributed by atoms with E-state index >= 15 is 0 Å². The molecule has 0 radical (unpaired) electrons. The lowest BCUT2D eigenvalue weighted by molar-refractivity contribution is -0.137. The molecule has 3 aromatic rings. The van der Waals surface area contributed by atoms with E-state index in [4.69, 9.17) is 10.6 Å². The zero-order chi connectivity index (χ0) is 20.9. The molecular formula is C20H16F3N3O2S. The number of alkyl halides is 3. The Hall–Kier alpha value is -3.33. The van der Waals surface area contributed by atoms with Gasteiger partial charge in [0, 0.05) is 4.88 Å². The molecule has 0 bridgehead atoms. The summed E-state index contributed by atoms with van der Waals surface area (Å²) < 4.78 is 37.6. The van der Waals surface area contributed by atoms with Crippen LogP contribution in [0.4, 0.5) is 24.5 Å². The van der Waals surface area contributed by atoms with E-state index in [1.54, 1.807) is 36.4 Å². The first-order valence-electron chi connectivity index (χ1n) is 8.40. The lowest BCUT2D eigenvalue weighted by atomic mass is 10.1. The fraction of sp³-hybridized carbons (Fsp3) is 0.100. The molecule has 0 saturated carbocycles. The minimum atomic E-state index is -4.37. The SMILES string of the molecule is Nc1ccccc1NC(=O)c1ccc(CON=Cc2ccc(C(F)(F)F)cc2)s1. The summed E-state index contributed by atoms with van der Waals surface area (Å²) in [6.45, 7) is 0.128. The van der Waals surface area contributed by atoms with Gasteiger partial charge in [-0.2, -0.15) is 13.2 Å². The summed E-state index contributed by atoms with van der Waals surface area (Å²) in [5, 5.41) is 6.49. The lowest BCUT2D eigenvalue weighted by Gasteiger charge is -2.06. The van der Waals surface area contributed by atoms with Crippen LogP contribution in [0.2, 0.25) is 0 Å². The highest BCUT2D eigenvalue weighted by atomic mass is 32.1. The maximum Gasteiger partial charge on any atom is 0.416 e. The van der Waals surface area contributed by atoms with Gasteiger partial charge in [-0.1, -0.05) is 29.4 Å². The predicted molar refractivity (Wildman–Crippen MR) is 107 cm³/mol. The first-order valence-corrected chi connectivity index (χ1v) is 9.22.